The van der Waals surface area contributed by atoms with Crippen molar-refractivity contribution in [1.82, 2.24) is 10.2 Å². The highest BCUT2D eigenvalue weighted by atomic mass is 16.7. The minimum Gasteiger partial charge on any atom is -0.455 e. The van der Waals surface area contributed by atoms with Crippen LogP contribution in [-0.4, -0.2) is 77.9 Å². The van der Waals surface area contributed by atoms with Crippen LogP contribution in [-0.2, 0) is 42.9 Å². The largest absolute Gasteiger partial charge is 0.455 e. The zero-order chi connectivity index (χ0) is 33.2. The fourth-order valence-corrected chi connectivity index (χ4v) is 3.98. The van der Waals surface area contributed by atoms with Gasteiger partial charge in [0.05, 0.1) is 22.9 Å². The van der Waals surface area contributed by atoms with Crippen LogP contribution in [0.15, 0.2) is 0 Å². The van der Waals surface area contributed by atoms with Gasteiger partial charge in [-0.1, -0.05) is 20.8 Å². The highest BCUT2D eigenvalue weighted by Crippen LogP contribution is 2.35. The van der Waals surface area contributed by atoms with Crippen molar-refractivity contribution in [3.63, 3.8) is 0 Å². The van der Waals surface area contributed by atoms with E-state index in [1.165, 1.54) is 0 Å². The van der Waals surface area contributed by atoms with Crippen molar-refractivity contribution in [3.05, 3.63) is 0 Å². The zero-order valence-electron chi connectivity index (χ0n) is 28.3. The van der Waals surface area contributed by atoms with Crippen LogP contribution in [0.4, 0.5) is 0 Å². The maximum Gasteiger partial charge on any atom is 0.311 e. The summed E-state index contributed by atoms with van der Waals surface area (Å²) in [6, 6.07) is -1.08. The smallest absolute Gasteiger partial charge is 0.311 e. The Bertz CT molecular complexity index is 1000. The fraction of sp³-hybridized carbons (Fsp3) is 0.839. The summed E-state index contributed by atoms with van der Waals surface area (Å²) < 4.78 is 23.7. The lowest BCUT2D eigenvalue weighted by Crippen LogP contribution is -2.67. The molecule has 0 aliphatic carbocycles. The van der Waals surface area contributed by atoms with Gasteiger partial charge < -0.3 is 29.2 Å². The molecule has 1 fully saturated rings. The quantitative estimate of drug-likeness (QED) is 0.262. The van der Waals surface area contributed by atoms with E-state index in [-0.39, 0.29) is 6.61 Å². The molecule has 11 heteroatoms. The molecule has 11 nitrogen and oxygen atoms in total. The molecule has 0 bridgehead atoms. The highest BCUT2D eigenvalue weighted by molar-refractivity contribution is 5.85. The van der Waals surface area contributed by atoms with Gasteiger partial charge in [0, 0.05) is 5.54 Å². The molecule has 2 amide bonds. The summed E-state index contributed by atoms with van der Waals surface area (Å²) in [6.45, 7) is 25.5. The molecular formula is C31H54N2O9. The Labute approximate surface area is 251 Å². The van der Waals surface area contributed by atoms with Crippen molar-refractivity contribution in [3.8, 4) is 0 Å². The van der Waals surface area contributed by atoms with E-state index in [4.69, 9.17) is 18.9 Å². The van der Waals surface area contributed by atoms with E-state index in [2.05, 4.69) is 5.32 Å². The standard InChI is InChI=1S/C31H54N2O9/c1-27(2,3)21(22(35)32-31(13,14)15)33(17-34)23-20(42-26(38)30(10,11)12)19(41-25(37)29(7,8)9)18(16-39-23)40-24(36)28(4,5)6/h17-21,23H,16H2,1-15H3,(H,32,35)/t18-,19?,20?,21-,23+/m1/s1. The van der Waals surface area contributed by atoms with E-state index in [1.807, 2.05) is 20.8 Å². The van der Waals surface area contributed by atoms with Crippen LogP contribution >= 0.6 is 0 Å². The first-order chi connectivity index (χ1) is 18.6. The summed E-state index contributed by atoms with van der Waals surface area (Å²) in [7, 11) is 0. The van der Waals surface area contributed by atoms with E-state index in [0.29, 0.717) is 6.41 Å². The Morgan fingerprint density at radius 1 is 0.714 bits per heavy atom. The second kappa shape index (κ2) is 12.9. The van der Waals surface area contributed by atoms with Gasteiger partial charge in [-0.3, -0.25) is 24.0 Å². The molecule has 0 aromatic carbocycles. The molecule has 0 aromatic heterocycles. The number of carbonyl (C=O) groups excluding carboxylic acids is 5. The van der Waals surface area contributed by atoms with Gasteiger partial charge in [-0.05, 0) is 88.5 Å². The van der Waals surface area contributed by atoms with E-state index in [0.717, 1.165) is 4.90 Å². The van der Waals surface area contributed by atoms with Crippen LogP contribution in [0.3, 0.4) is 0 Å². The summed E-state index contributed by atoms with van der Waals surface area (Å²) in [5, 5.41) is 2.92. The van der Waals surface area contributed by atoms with E-state index in [9.17, 15) is 24.0 Å². The van der Waals surface area contributed by atoms with Crippen LogP contribution in [0.25, 0.3) is 0 Å². The molecule has 242 valence electrons. The molecule has 0 aromatic rings. The number of nitrogens with one attached hydrogen (secondary N) is 1. The predicted octanol–water partition coefficient (Wildman–Crippen LogP) is 4.00. The normalized spacial score (nSPS) is 22.8. The molecule has 0 radical (unpaired) electrons. The van der Waals surface area contributed by atoms with E-state index >= 15 is 0 Å². The first kappa shape index (κ1) is 37.3. The average Bonchev–Trinajstić information content (AvgIpc) is 2.75. The third kappa shape index (κ3) is 10.2. The average molecular weight is 599 g/mol. The minimum atomic E-state index is -1.44. The van der Waals surface area contributed by atoms with Crippen LogP contribution in [0.1, 0.15) is 104 Å². The van der Waals surface area contributed by atoms with Crippen molar-refractivity contribution < 1.29 is 42.9 Å². The molecular weight excluding hydrogens is 544 g/mol. The molecule has 0 saturated carbocycles. The van der Waals surface area contributed by atoms with Gasteiger partial charge in [-0.2, -0.15) is 0 Å². The predicted molar refractivity (Wildman–Crippen MR) is 157 cm³/mol. The number of carbonyl (C=O) groups is 5. The van der Waals surface area contributed by atoms with Crippen LogP contribution < -0.4 is 5.32 Å². The number of esters is 3. The molecule has 1 heterocycles. The summed E-state index contributed by atoms with van der Waals surface area (Å²) in [5.41, 5.74) is -4.26. The van der Waals surface area contributed by atoms with Crippen molar-refractivity contribution in [1.29, 1.82) is 0 Å². The first-order valence-corrected chi connectivity index (χ1v) is 14.4. The van der Waals surface area contributed by atoms with Crippen molar-refractivity contribution in [2.75, 3.05) is 6.61 Å². The van der Waals surface area contributed by atoms with Gasteiger partial charge in [-0.25, -0.2) is 0 Å². The SMILES string of the molecule is CC(C)(C)NC(=O)[C@@H](N(C=O)[C@H]1OC[C@@H](OC(=O)C(C)(C)C)C(OC(=O)C(C)(C)C)C1OC(=O)C(C)(C)C)C(C)(C)C. The molecule has 5 atom stereocenters. The maximum absolute atomic E-state index is 13.6. The number of rotatable bonds is 7. The lowest BCUT2D eigenvalue weighted by molar-refractivity contribution is -0.258. The lowest BCUT2D eigenvalue weighted by Gasteiger charge is -2.48. The molecule has 1 saturated heterocycles. The summed E-state index contributed by atoms with van der Waals surface area (Å²) >= 11 is 0. The molecule has 42 heavy (non-hydrogen) atoms. The minimum absolute atomic E-state index is 0.291. The highest BCUT2D eigenvalue weighted by Gasteiger charge is 2.54. The molecule has 0 spiro atoms. The molecule has 1 N–H and O–H groups in total. The van der Waals surface area contributed by atoms with Crippen LogP contribution in [0.5, 0.6) is 0 Å². The Morgan fingerprint density at radius 3 is 1.48 bits per heavy atom. The lowest BCUT2D eigenvalue weighted by atomic mass is 9.83. The van der Waals surface area contributed by atoms with Crippen molar-refractivity contribution in [2.24, 2.45) is 21.7 Å². The number of hydrogen-bond donors (Lipinski definition) is 1. The van der Waals surface area contributed by atoms with Crippen molar-refractivity contribution >= 4 is 30.2 Å². The monoisotopic (exact) mass is 598 g/mol. The maximum atomic E-state index is 13.6. The van der Waals surface area contributed by atoms with Crippen molar-refractivity contribution in [2.45, 2.75) is 140 Å². The van der Waals surface area contributed by atoms with Crippen LogP contribution in [0.2, 0.25) is 0 Å². The topological polar surface area (TPSA) is 138 Å². The van der Waals surface area contributed by atoms with Gasteiger partial charge in [0.25, 0.3) is 0 Å². The molecule has 1 aliphatic rings. The molecule has 1 rings (SSSR count). The van der Waals surface area contributed by atoms with E-state index < -0.39 is 81.6 Å². The van der Waals surface area contributed by atoms with E-state index in [1.54, 1.807) is 83.1 Å². The Hall–Kier alpha value is -2.69. The second-order valence-electron chi connectivity index (χ2n) is 16.2. The number of nitrogens with zero attached hydrogens (tertiary/aromatic N) is 1. The van der Waals surface area contributed by atoms with Gasteiger partial charge in [0.1, 0.15) is 6.04 Å². The summed E-state index contributed by atoms with van der Waals surface area (Å²) in [5.74, 6) is -2.34. The zero-order valence-corrected chi connectivity index (χ0v) is 28.3. The molecule has 1 aliphatic heterocycles. The van der Waals surface area contributed by atoms with Crippen LogP contribution in [0, 0.1) is 21.7 Å². The summed E-state index contributed by atoms with van der Waals surface area (Å²) in [6.07, 6.45) is -4.84. The second-order valence-corrected chi connectivity index (χ2v) is 16.2. The summed E-state index contributed by atoms with van der Waals surface area (Å²) in [4.78, 5) is 67.0. The number of amides is 2. The van der Waals surface area contributed by atoms with Gasteiger partial charge in [0.15, 0.2) is 24.5 Å². The Morgan fingerprint density at radius 2 is 1.12 bits per heavy atom. The van der Waals surface area contributed by atoms with Gasteiger partial charge in [0.2, 0.25) is 12.3 Å². The fourth-order valence-electron chi connectivity index (χ4n) is 3.98. The number of ether oxygens (including phenoxy) is 4. The third-order valence-electron chi connectivity index (χ3n) is 6.26. The third-order valence-corrected chi connectivity index (χ3v) is 6.26. The Kier molecular flexibility index (Phi) is 11.5. The first-order valence-electron chi connectivity index (χ1n) is 14.4. The van der Waals surface area contributed by atoms with Gasteiger partial charge in [-0.15, -0.1) is 0 Å². The van der Waals surface area contributed by atoms with Gasteiger partial charge >= 0.3 is 17.9 Å². The number of hydrogen-bond acceptors (Lipinski definition) is 9. The Balaban J connectivity index is 3.83. The molecule has 2 unspecified atom stereocenters.